The molecule has 0 aliphatic heterocycles. The van der Waals surface area contributed by atoms with Gasteiger partial charge in [0.1, 0.15) is 0 Å². The van der Waals surface area contributed by atoms with E-state index in [2.05, 4.69) is 0 Å². The molecule has 1 nitrogen and oxygen atoms in total. The van der Waals surface area contributed by atoms with Gasteiger partial charge in [0.25, 0.3) is 0 Å². The van der Waals surface area contributed by atoms with Crippen molar-refractivity contribution in [2.24, 2.45) is 0 Å². The normalized spacial score (nSPS) is 4.50. The molecule has 0 aromatic carbocycles. The van der Waals surface area contributed by atoms with E-state index in [9.17, 15) is 0 Å². The molecular weight excluding hydrogens is 184 g/mol. The summed E-state index contributed by atoms with van der Waals surface area (Å²) in [5.74, 6) is 0. The van der Waals surface area contributed by atoms with E-state index in [1.165, 1.54) is 0 Å². The van der Waals surface area contributed by atoms with Gasteiger partial charge >= 0.3 is 40.8 Å². The van der Waals surface area contributed by atoms with E-state index >= 15 is 0 Å². The first kappa shape index (κ1) is 9.00. The van der Waals surface area contributed by atoms with Crippen molar-refractivity contribution in [1.82, 2.24) is 0 Å². The summed E-state index contributed by atoms with van der Waals surface area (Å²) in [6, 6.07) is 0. The number of hydrogen-bond acceptors (Lipinski definition) is 1. The average Bonchev–Trinajstić information content (AvgIpc) is 0.918. The van der Waals surface area contributed by atoms with Crippen LogP contribution in [0.15, 0.2) is 0 Å². The fourth-order valence-corrected chi connectivity index (χ4v) is 0. The van der Waals surface area contributed by atoms with Gasteiger partial charge in [-0.1, -0.05) is 0 Å². The van der Waals surface area contributed by atoms with Crippen molar-refractivity contribution in [1.29, 1.82) is 0 Å². The summed E-state index contributed by atoms with van der Waals surface area (Å²) in [5.41, 5.74) is 0. The minimum atomic E-state index is 0. The van der Waals surface area contributed by atoms with Crippen LogP contribution in [-0.2, 0) is 0 Å². The van der Waals surface area contributed by atoms with Crippen molar-refractivity contribution in [2.45, 2.75) is 6.92 Å². The third-order valence-electron chi connectivity index (χ3n) is 0. The van der Waals surface area contributed by atoms with Crippen LogP contribution in [0.3, 0.4) is 0 Å². The van der Waals surface area contributed by atoms with E-state index in [0.29, 0.717) is 0 Å². The Hall–Kier alpha value is 1.31. The minimum absolute atomic E-state index is 0. The Morgan fingerprint density at radius 2 is 1.75 bits per heavy atom. The molecule has 4 heavy (non-hydrogen) atoms. The van der Waals surface area contributed by atoms with E-state index in [-0.39, 0.29) is 47.4 Å². The summed E-state index contributed by atoms with van der Waals surface area (Å²) >= 11 is 0. The first-order valence-electron chi connectivity index (χ1n) is 1.02. The predicted molar refractivity (Wildman–Crippen MR) is 12.8 cm³/mol. The first-order valence-corrected chi connectivity index (χ1v) is 1.02. The van der Waals surface area contributed by atoms with E-state index < -0.39 is 0 Å². The van der Waals surface area contributed by atoms with Crippen molar-refractivity contribution < 1.29 is 45.9 Å². The van der Waals surface area contributed by atoms with Crippen LogP contribution < -0.4 is 0 Å². The van der Waals surface area contributed by atoms with Crippen molar-refractivity contribution >= 4 is 0 Å². The summed E-state index contributed by atoms with van der Waals surface area (Å²) in [5, 5.41) is 7.57. The Labute approximate surface area is 58.9 Å². The molecule has 0 amide bonds. The number of rotatable bonds is 0. The Kier molecular flexibility index (Phi) is 19.9. The van der Waals surface area contributed by atoms with Gasteiger partial charge in [0.15, 0.2) is 0 Å². The molecule has 2 heteroatoms. The summed E-state index contributed by atoms with van der Waals surface area (Å²) in [6.45, 7) is 1.93. The Balaban J connectivity index is 0. The molecule has 0 unspecified atom stereocenters. The molecule has 0 saturated heterocycles. The van der Waals surface area contributed by atoms with Gasteiger partial charge in [-0.2, -0.15) is 0 Å². The van der Waals surface area contributed by atoms with Gasteiger partial charge < -0.3 is 5.11 Å². The van der Waals surface area contributed by atoms with Crippen molar-refractivity contribution in [3.8, 4) is 0 Å². The second kappa shape index (κ2) is 8.85. The van der Waals surface area contributed by atoms with Gasteiger partial charge in [-0.15, -0.1) is 0 Å². The standard InChI is InChI=1S/C2H6O.Nd/c1-2-3;/h3H,2H2,1H3;/q;+3. The molecule has 0 saturated carbocycles. The van der Waals surface area contributed by atoms with E-state index in [0.717, 1.165) is 0 Å². The zero-order valence-electron chi connectivity index (χ0n) is 2.65. The van der Waals surface area contributed by atoms with E-state index in [4.69, 9.17) is 5.11 Å². The molecule has 0 rings (SSSR count). The topological polar surface area (TPSA) is 20.2 Å². The Bertz CT molecular complexity index is 6.00. The molecule has 1 radical (unpaired) electrons. The molecule has 0 atom stereocenters. The first-order chi connectivity index (χ1) is 1.41. The van der Waals surface area contributed by atoms with Crippen molar-refractivity contribution in [3.63, 3.8) is 0 Å². The van der Waals surface area contributed by atoms with Gasteiger partial charge in [-0.25, -0.2) is 0 Å². The molecule has 0 fully saturated rings. The molecule has 21 valence electrons. The second-order valence-corrected chi connectivity index (χ2v) is 0.316. The zero-order chi connectivity index (χ0) is 2.71. The fourth-order valence-electron chi connectivity index (χ4n) is 0. The Morgan fingerprint density at radius 1 is 1.75 bits per heavy atom. The van der Waals surface area contributed by atoms with Crippen LogP contribution >= 0.6 is 0 Å². The van der Waals surface area contributed by atoms with Crippen molar-refractivity contribution in [2.75, 3.05) is 6.61 Å². The maximum absolute atomic E-state index is 7.57. The summed E-state index contributed by atoms with van der Waals surface area (Å²) in [7, 11) is 0. The van der Waals surface area contributed by atoms with Gasteiger partial charge in [-0.05, 0) is 6.92 Å². The molecular formula is C2H6NdO+3. The molecule has 0 spiro atoms. The molecule has 0 heterocycles. The Morgan fingerprint density at radius 3 is 1.75 bits per heavy atom. The molecule has 0 aliphatic carbocycles. The van der Waals surface area contributed by atoms with Gasteiger partial charge in [0.2, 0.25) is 0 Å². The van der Waals surface area contributed by atoms with Crippen LogP contribution in [0.1, 0.15) is 6.92 Å². The zero-order valence-corrected chi connectivity index (χ0v) is 5.86. The average molecular weight is 190 g/mol. The summed E-state index contributed by atoms with van der Waals surface area (Å²) in [6.07, 6.45) is 0. The van der Waals surface area contributed by atoms with E-state index in [1.807, 2.05) is 0 Å². The van der Waals surface area contributed by atoms with Crippen LogP contribution in [-0.4, -0.2) is 11.7 Å². The van der Waals surface area contributed by atoms with Crippen LogP contribution in [0.25, 0.3) is 0 Å². The van der Waals surface area contributed by atoms with Gasteiger partial charge in [0, 0.05) is 6.61 Å². The van der Waals surface area contributed by atoms with Crippen LogP contribution in [0, 0.1) is 40.8 Å². The second-order valence-electron chi connectivity index (χ2n) is 0.316. The SMILES string of the molecule is CCO.[Nd+3]. The molecule has 0 bridgehead atoms. The maximum atomic E-state index is 7.57. The van der Waals surface area contributed by atoms with E-state index in [1.54, 1.807) is 6.92 Å². The number of aliphatic hydroxyl groups excluding tert-OH is 1. The fraction of sp³-hybridized carbons (Fsp3) is 1.00. The van der Waals surface area contributed by atoms with Gasteiger partial charge in [0.05, 0.1) is 0 Å². The van der Waals surface area contributed by atoms with Crippen LogP contribution in [0.4, 0.5) is 0 Å². The third kappa shape index (κ3) is 10.3. The molecule has 0 aromatic heterocycles. The molecule has 0 aromatic rings. The molecule has 1 N–H and O–H groups in total. The van der Waals surface area contributed by atoms with Crippen molar-refractivity contribution in [3.05, 3.63) is 0 Å². The van der Waals surface area contributed by atoms with Gasteiger partial charge in [-0.3, -0.25) is 0 Å². The monoisotopic (exact) mass is 188 g/mol. The summed E-state index contributed by atoms with van der Waals surface area (Å²) in [4.78, 5) is 0. The quantitative estimate of drug-likeness (QED) is 0.570. The van der Waals surface area contributed by atoms with Crippen LogP contribution in [0.5, 0.6) is 0 Å². The number of hydrogen-bond donors (Lipinski definition) is 1. The molecule has 0 aliphatic rings. The smallest absolute Gasteiger partial charge is 0.397 e. The maximum Gasteiger partial charge on any atom is 3.00 e. The van der Waals surface area contributed by atoms with Crippen LogP contribution in [0.2, 0.25) is 0 Å². The minimum Gasteiger partial charge on any atom is -0.397 e. The predicted octanol–water partition coefficient (Wildman–Crippen LogP) is -0.00140. The largest absolute Gasteiger partial charge is 3.00 e. The summed E-state index contributed by atoms with van der Waals surface area (Å²) < 4.78 is 0. The number of aliphatic hydroxyl groups is 1. The third-order valence-corrected chi connectivity index (χ3v) is 0.